The summed E-state index contributed by atoms with van der Waals surface area (Å²) in [6, 6.07) is 62.1. The highest BCUT2D eigenvalue weighted by Gasteiger charge is 2.30. The van der Waals surface area contributed by atoms with Gasteiger partial charge in [-0.15, -0.1) is 0 Å². The molecule has 49 heavy (non-hydrogen) atoms. The van der Waals surface area contributed by atoms with Crippen molar-refractivity contribution in [2.45, 2.75) is 32.2 Å². The third kappa shape index (κ3) is 5.03. The standard InChI is InChI=1S/C47H38N2/c1-47(2)31-35-14-9-10-20-40(35)42-30-34(26-29-43(42)47)33-24-27-38(28-25-33)48(37-16-5-3-6-17-37)32-36-15-13-23-45-46(36)41-21-11-12-22-44(41)49(45)39-18-7-4-8-19-39/h3-30H,31-32H2,1-2H3. The van der Waals surface area contributed by atoms with Crippen LogP contribution in [0.2, 0.25) is 0 Å². The van der Waals surface area contributed by atoms with Crippen LogP contribution in [0, 0.1) is 0 Å². The highest BCUT2D eigenvalue weighted by Crippen LogP contribution is 2.45. The van der Waals surface area contributed by atoms with Crippen LogP contribution < -0.4 is 4.90 Å². The molecule has 2 nitrogen and oxygen atoms in total. The largest absolute Gasteiger partial charge is 0.337 e. The van der Waals surface area contributed by atoms with Gasteiger partial charge in [-0.3, -0.25) is 0 Å². The van der Waals surface area contributed by atoms with Crippen molar-refractivity contribution < 1.29 is 0 Å². The Bertz CT molecular complexity index is 2450. The van der Waals surface area contributed by atoms with Gasteiger partial charge in [-0.25, -0.2) is 0 Å². The Morgan fingerprint density at radius 1 is 0.551 bits per heavy atom. The second kappa shape index (κ2) is 11.7. The lowest BCUT2D eigenvalue weighted by Crippen LogP contribution is -2.25. The first-order chi connectivity index (χ1) is 24.0. The van der Waals surface area contributed by atoms with E-state index in [4.69, 9.17) is 0 Å². The second-order valence-electron chi connectivity index (χ2n) is 13.9. The Morgan fingerprint density at radius 3 is 2.02 bits per heavy atom. The summed E-state index contributed by atoms with van der Waals surface area (Å²) in [7, 11) is 0. The average Bonchev–Trinajstić information content (AvgIpc) is 3.49. The van der Waals surface area contributed by atoms with E-state index in [1.165, 1.54) is 77.8 Å². The third-order valence-corrected chi connectivity index (χ3v) is 10.4. The third-order valence-electron chi connectivity index (χ3n) is 10.4. The molecule has 0 aliphatic heterocycles. The fourth-order valence-corrected chi connectivity index (χ4v) is 8.07. The number of hydrogen-bond donors (Lipinski definition) is 0. The molecule has 236 valence electrons. The molecule has 9 rings (SSSR count). The van der Waals surface area contributed by atoms with E-state index >= 15 is 0 Å². The average molecular weight is 631 g/mol. The molecule has 1 heterocycles. The lowest BCUT2D eigenvalue weighted by molar-refractivity contribution is 0.517. The van der Waals surface area contributed by atoms with Crippen LogP contribution in [0.25, 0.3) is 49.7 Å². The van der Waals surface area contributed by atoms with Gasteiger partial charge in [-0.1, -0.05) is 129 Å². The van der Waals surface area contributed by atoms with Gasteiger partial charge in [0.2, 0.25) is 0 Å². The number of aromatic nitrogens is 1. The van der Waals surface area contributed by atoms with E-state index in [0.717, 1.165) is 13.0 Å². The van der Waals surface area contributed by atoms with Crippen molar-refractivity contribution in [2.75, 3.05) is 4.90 Å². The fourth-order valence-electron chi connectivity index (χ4n) is 8.07. The van der Waals surface area contributed by atoms with Crippen molar-refractivity contribution in [1.82, 2.24) is 4.57 Å². The van der Waals surface area contributed by atoms with E-state index in [-0.39, 0.29) is 5.41 Å². The molecule has 1 aromatic heterocycles. The molecular weight excluding hydrogens is 593 g/mol. The van der Waals surface area contributed by atoms with E-state index in [2.05, 4.69) is 193 Å². The molecule has 0 atom stereocenters. The smallest absolute Gasteiger partial charge is 0.0544 e. The van der Waals surface area contributed by atoms with Crippen molar-refractivity contribution in [3.8, 4) is 27.9 Å². The molecule has 2 heteroatoms. The van der Waals surface area contributed by atoms with Crippen LogP contribution in [0.15, 0.2) is 170 Å². The van der Waals surface area contributed by atoms with Crippen molar-refractivity contribution in [3.63, 3.8) is 0 Å². The van der Waals surface area contributed by atoms with E-state index in [0.29, 0.717) is 0 Å². The summed E-state index contributed by atoms with van der Waals surface area (Å²) in [6.07, 6.45) is 1.07. The molecule has 0 amide bonds. The van der Waals surface area contributed by atoms with Gasteiger partial charge in [-0.05, 0) is 105 Å². The minimum absolute atomic E-state index is 0.110. The van der Waals surface area contributed by atoms with Crippen molar-refractivity contribution >= 4 is 33.2 Å². The van der Waals surface area contributed by atoms with Crippen LogP contribution >= 0.6 is 0 Å². The van der Waals surface area contributed by atoms with Crippen LogP contribution in [0.3, 0.4) is 0 Å². The molecule has 0 spiro atoms. The Hall–Kier alpha value is -5.86. The predicted molar refractivity (Wildman–Crippen MR) is 207 cm³/mol. The van der Waals surface area contributed by atoms with Crippen LogP contribution in [-0.2, 0) is 18.4 Å². The summed E-state index contributed by atoms with van der Waals surface area (Å²) in [5.74, 6) is 0. The number of anilines is 2. The zero-order valence-corrected chi connectivity index (χ0v) is 28.0. The maximum absolute atomic E-state index is 2.44. The highest BCUT2D eigenvalue weighted by molar-refractivity contribution is 6.11. The molecule has 1 aliphatic carbocycles. The van der Waals surface area contributed by atoms with Crippen LogP contribution in [-0.4, -0.2) is 4.57 Å². The number of para-hydroxylation sites is 3. The van der Waals surface area contributed by atoms with E-state index in [1.807, 2.05) is 0 Å². The van der Waals surface area contributed by atoms with Crippen molar-refractivity contribution in [2.24, 2.45) is 0 Å². The lowest BCUT2D eigenvalue weighted by Gasteiger charge is -2.34. The van der Waals surface area contributed by atoms with E-state index in [9.17, 15) is 0 Å². The van der Waals surface area contributed by atoms with Crippen LogP contribution in [0.1, 0.15) is 30.5 Å². The van der Waals surface area contributed by atoms with E-state index < -0.39 is 0 Å². The maximum Gasteiger partial charge on any atom is 0.0544 e. The summed E-state index contributed by atoms with van der Waals surface area (Å²) in [4.78, 5) is 2.44. The molecule has 0 N–H and O–H groups in total. The SMILES string of the molecule is CC1(C)Cc2ccccc2-c2cc(-c3ccc(N(Cc4cccc5c4c4ccccc4n5-c4ccccc4)c4ccccc4)cc3)ccc21. The first-order valence-electron chi connectivity index (χ1n) is 17.3. The lowest BCUT2D eigenvalue weighted by atomic mass is 9.70. The van der Waals surface area contributed by atoms with Crippen LogP contribution in [0.5, 0.6) is 0 Å². The molecule has 0 saturated heterocycles. The predicted octanol–water partition coefficient (Wildman–Crippen LogP) is 12.3. The summed E-state index contributed by atoms with van der Waals surface area (Å²) in [6.45, 7) is 5.48. The van der Waals surface area contributed by atoms with Gasteiger partial charge < -0.3 is 9.47 Å². The zero-order chi connectivity index (χ0) is 33.0. The molecule has 0 fully saturated rings. The van der Waals surface area contributed by atoms with Gasteiger partial charge in [0.1, 0.15) is 0 Å². The van der Waals surface area contributed by atoms with E-state index in [1.54, 1.807) is 0 Å². The monoisotopic (exact) mass is 630 g/mol. The Kier molecular flexibility index (Phi) is 6.98. The quantitative estimate of drug-likeness (QED) is 0.177. The summed E-state index contributed by atoms with van der Waals surface area (Å²) < 4.78 is 2.40. The molecule has 0 unspecified atom stereocenters. The van der Waals surface area contributed by atoms with Crippen molar-refractivity contribution in [1.29, 1.82) is 0 Å². The topological polar surface area (TPSA) is 8.17 Å². The molecule has 8 aromatic rings. The number of fused-ring (bicyclic) bond motifs is 6. The number of benzene rings is 7. The first-order valence-corrected chi connectivity index (χ1v) is 17.3. The highest BCUT2D eigenvalue weighted by atomic mass is 15.1. The minimum Gasteiger partial charge on any atom is -0.337 e. The number of rotatable bonds is 6. The van der Waals surface area contributed by atoms with Gasteiger partial charge in [0.15, 0.2) is 0 Å². The maximum atomic E-state index is 2.44. The summed E-state index contributed by atoms with van der Waals surface area (Å²) in [5.41, 5.74) is 15.5. The molecular formula is C47H38N2. The molecule has 0 saturated carbocycles. The van der Waals surface area contributed by atoms with Gasteiger partial charge in [0.25, 0.3) is 0 Å². The van der Waals surface area contributed by atoms with Gasteiger partial charge in [0.05, 0.1) is 11.0 Å². The molecule has 0 radical (unpaired) electrons. The Labute approximate surface area is 288 Å². The van der Waals surface area contributed by atoms with Gasteiger partial charge >= 0.3 is 0 Å². The Morgan fingerprint density at radius 2 is 1.20 bits per heavy atom. The summed E-state index contributed by atoms with van der Waals surface area (Å²) >= 11 is 0. The fraction of sp³-hybridized carbons (Fsp3) is 0.106. The number of nitrogens with zero attached hydrogens (tertiary/aromatic N) is 2. The zero-order valence-electron chi connectivity index (χ0n) is 28.0. The normalized spacial score (nSPS) is 13.3. The van der Waals surface area contributed by atoms with Crippen molar-refractivity contribution in [3.05, 3.63) is 187 Å². The number of hydrogen-bond acceptors (Lipinski definition) is 1. The second-order valence-corrected chi connectivity index (χ2v) is 13.9. The van der Waals surface area contributed by atoms with Gasteiger partial charge in [0, 0.05) is 34.4 Å². The Balaban J connectivity index is 1.13. The first kappa shape index (κ1) is 29.3. The van der Waals surface area contributed by atoms with Crippen LogP contribution in [0.4, 0.5) is 11.4 Å². The summed E-state index contributed by atoms with van der Waals surface area (Å²) in [5, 5.41) is 2.58. The molecule has 0 bridgehead atoms. The van der Waals surface area contributed by atoms with Gasteiger partial charge in [-0.2, -0.15) is 0 Å². The molecule has 1 aliphatic rings. The minimum atomic E-state index is 0.110. The molecule has 7 aromatic carbocycles.